The fourth-order valence-electron chi connectivity index (χ4n) is 3.43. The van der Waals surface area contributed by atoms with Crippen LogP contribution in [-0.2, 0) is 6.18 Å². The molecule has 0 bridgehead atoms. The van der Waals surface area contributed by atoms with Crippen LogP contribution >= 0.6 is 0 Å². The van der Waals surface area contributed by atoms with Gasteiger partial charge in [0.1, 0.15) is 0 Å². The van der Waals surface area contributed by atoms with Crippen LogP contribution in [0.15, 0.2) is 94.3 Å². The molecule has 0 aliphatic heterocycles. The lowest BCUT2D eigenvalue weighted by atomic mass is 9.98. The van der Waals surface area contributed by atoms with Gasteiger partial charge in [-0.3, -0.25) is 9.98 Å². The molecule has 0 aliphatic rings. The Hall–Kier alpha value is -4.28. The van der Waals surface area contributed by atoms with E-state index in [0.29, 0.717) is 17.9 Å². The molecule has 0 saturated carbocycles. The number of aliphatic imine (C=N–C) groups is 2. The molecule has 0 radical (unpaired) electrons. The van der Waals surface area contributed by atoms with Crippen LogP contribution in [0, 0.1) is 5.92 Å². The Morgan fingerprint density at radius 1 is 1.09 bits per heavy atom. The molecule has 11 heteroatoms. The van der Waals surface area contributed by atoms with Gasteiger partial charge in [-0.25, -0.2) is 14.8 Å². The highest BCUT2D eigenvalue weighted by atomic mass is 19.4. The number of benzene rings is 1. The summed E-state index contributed by atoms with van der Waals surface area (Å²) in [4.78, 5) is 15.0. The number of hydrogen-bond donors (Lipinski definition) is 2. The summed E-state index contributed by atoms with van der Waals surface area (Å²) in [5, 5.41) is 7.03. The number of allylic oxidation sites excluding steroid dienone is 4. The van der Waals surface area contributed by atoms with Crippen LogP contribution in [0.4, 0.5) is 28.9 Å². The molecule has 0 fully saturated rings. The summed E-state index contributed by atoms with van der Waals surface area (Å²) in [5.74, 6) is 0.379. The number of hydrogen-bond acceptors (Lipinski definition) is 5. The fourth-order valence-corrected chi connectivity index (χ4v) is 3.43. The number of hydrazone groups is 1. The minimum atomic E-state index is -4.43. The molecule has 0 amide bonds. The first-order valence-electron chi connectivity index (χ1n) is 14.7. The van der Waals surface area contributed by atoms with Crippen LogP contribution in [0.25, 0.3) is 0 Å². The Morgan fingerprint density at radius 3 is 2.39 bits per heavy atom. The van der Waals surface area contributed by atoms with E-state index < -0.39 is 17.9 Å². The SMILES string of the molecule is C=CC(F)C(/C=C/C(=C\N(C)CC)C(C)CC)=N\C(=NCC)N/N=C/c1ccc(Nc2cccc(C(F)(F)F)c2)cn1.CC. The Labute approximate surface area is 259 Å². The Balaban J connectivity index is 0.00000474. The first-order chi connectivity index (χ1) is 21.0. The molecule has 1 heterocycles. The summed E-state index contributed by atoms with van der Waals surface area (Å²) >= 11 is 0. The van der Waals surface area contributed by atoms with E-state index in [1.807, 2.05) is 40.1 Å². The molecule has 2 atom stereocenters. The molecule has 7 nitrogen and oxygen atoms in total. The molecule has 44 heavy (non-hydrogen) atoms. The van der Waals surface area contributed by atoms with Crippen LogP contribution in [0.2, 0.25) is 0 Å². The summed E-state index contributed by atoms with van der Waals surface area (Å²) in [5.41, 5.74) is 4.40. The quantitative estimate of drug-likeness (QED) is 0.0591. The summed E-state index contributed by atoms with van der Waals surface area (Å²) in [7, 11) is 1.98. The van der Waals surface area contributed by atoms with Gasteiger partial charge in [-0.1, -0.05) is 52.5 Å². The summed E-state index contributed by atoms with van der Waals surface area (Å²) in [6.45, 7) is 16.9. The van der Waals surface area contributed by atoms with Gasteiger partial charge in [0.25, 0.3) is 0 Å². The zero-order valence-electron chi connectivity index (χ0n) is 26.7. The van der Waals surface area contributed by atoms with Gasteiger partial charge in [0, 0.05) is 32.0 Å². The maximum atomic E-state index is 14.8. The Kier molecular flexibility index (Phi) is 17.0. The zero-order valence-corrected chi connectivity index (χ0v) is 26.7. The number of alkyl halides is 4. The molecule has 2 unspecified atom stereocenters. The van der Waals surface area contributed by atoms with Crippen molar-refractivity contribution >= 4 is 29.3 Å². The van der Waals surface area contributed by atoms with E-state index in [2.05, 4.69) is 63.1 Å². The molecule has 0 saturated heterocycles. The van der Waals surface area contributed by atoms with Gasteiger partial charge in [-0.15, -0.1) is 0 Å². The number of anilines is 2. The first-order valence-corrected chi connectivity index (χ1v) is 14.7. The molecule has 2 rings (SSSR count). The third kappa shape index (κ3) is 13.4. The highest BCUT2D eigenvalue weighted by Gasteiger charge is 2.30. The lowest BCUT2D eigenvalue weighted by Crippen LogP contribution is -2.21. The van der Waals surface area contributed by atoms with E-state index in [1.165, 1.54) is 30.6 Å². The Morgan fingerprint density at radius 2 is 1.82 bits per heavy atom. The van der Waals surface area contributed by atoms with Crippen molar-refractivity contribution in [3.8, 4) is 0 Å². The molecular formula is C33H45F4N7. The van der Waals surface area contributed by atoms with Crippen molar-refractivity contribution in [2.24, 2.45) is 21.0 Å². The molecule has 240 valence electrons. The van der Waals surface area contributed by atoms with E-state index in [1.54, 1.807) is 18.2 Å². The van der Waals surface area contributed by atoms with E-state index in [0.717, 1.165) is 30.7 Å². The number of halogens is 4. The van der Waals surface area contributed by atoms with Gasteiger partial charge in [-0.05, 0) is 68.2 Å². The molecular weight excluding hydrogens is 570 g/mol. The third-order valence-corrected chi connectivity index (χ3v) is 6.15. The van der Waals surface area contributed by atoms with Gasteiger partial charge in [0.2, 0.25) is 5.96 Å². The van der Waals surface area contributed by atoms with Crippen molar-refractivity contribution in [2.75, 3.05) is 25.5 Å². The predicted molar refractivity (Wildman–Crippen MR) is 177 cm³/mol. The highest BCUT2D eigenvalue weighted by molar-refractivity contribution is 6.07. The van der Waals surface area contributed by atoms with Crippen molar-refractivity contribution < 1.29 is 17.6 Å². The van der Waals surface area contributed by atoms with Gasteiger partial charge in [0.05, 0.1) is 35.1 Å². The highest BCUT2D eigenvalue weighted by Crippen LogP contribution is 2.31. The molecule has 1 aromatic heterocycles. The molecule has 0 spiro atoms. The zero-order chi connectivity index (χ0) is 33.1. The van der Waals surface area contributed by atoms with Crippen molar-refractivity contribution in [1.82, 2.24) is 15.3 Å². The summed E-state index contributed by atoms with van der Waals surface area (Å²) in [6.07, 6.45) is 4.57. The molecule has 2 aromatic rings. The number of pyridine rings is 1. The van der Waals surface area contributed by atoms with Gasteiger partial charge in [-0.2, -0.15) is 18.3 Å². The minimum absolute atomic E-state index is 0.112. The second kappa shape index (κ2) is 19.8. The number of rotatable bonds is 13. The maximum Gasteiger partial charge on any atom is 0.416 e. The monoisotopic (exact) mass is 615 g/mol. The summed E-state index contributed by atoms with van der Waals surface area (Å²) in [6, 6.07) is 8.20. The largest absolute Gasteiger partial charge is 0.416 e. The smallest absolute Gasteiger partial charge is 0.380 e. The standard InChI is InChI=1S/C31H39F4N7.C2H6/c1-7-22(5)23(21-42(6)10-4)14-17-29(28(32)8-2)40-30(36-9-3)41-38-20-26-15-16-27(19-37-26)39-25-13-11-12-24(18-25)31(33,34)35;1-2/h8,11-22,28,39H,2,7,9-10H2,1,3-6H3,(H,36,41);1-2H3/b17-14+,23-21+,38-20+,40-29-;. The molecule has 0 aliphatic carbocycles. The lowest BCUT2D eigenvalue weighted by Gasteiger charge is -2.17. The van der Waals surface area contributed by atoms with E-state index in [4.69, 9.17) is 0 Å². The van der Waals surface area contributed by atoms with Crippen molar-refractivity contribution in [3.63, 3.8) is 0 Å². The van der Waals surface area contributed by atoms with Crippen LogP contribution < -0.4 is 10.7 Å². The first kappa shape index (κ1) is 37.7. The normalized spacial score (nSPS) is 14.2. The predicted octanol–water partition coefficient (Wildman–Crippen LogP) is 8.57. The second-order valence-electron chi connectivity index (χ2n) is 9.36. The van der Waals surface area contributed by atoms with Gasteiger partial charge < -0.3 is 10.2 Å². The summed E-state index contributed by atoms with van der Waals surface area (Å²) < 4.78 is 53.7. The number of nitrogens with one attached hydrogen (secondary N) is 2. The van der Waals surface area contributed by atoms with Gasteiger partial charge in [0.15, 0.2) is 6.17 Å². The minimum Gasteiger partial charge on any atom is -0.380 e. The topological polar surface area (TPSA) is 77.3 Å². The van der Waals surface area contributed by atoms with Crippen LogP contribution in [0.5, 0.6) is 0 Å². The third-order valence-electron chi connectivity index (χ3n) is 6.15. The van der Waals surface area contributed by atoms with Crippen molar-refractivity contribution in [1.29, 1.82) is 0 Å². The second-order valence-corrected chi connectivity index (χ2v) is 9.36. The lowest BCUT2D eigenvalue weighted by molar-refractivity contribution is -0.137. The van der Waals surface area contributed by atoms with Crippen molar-refractivity contribution in [3.05, 3.63) is 90.4 Å². The number of aromatic nitrogens is 1. The molecule has 2 N–H and O–H groups in total. The average molecular weight is 616 g/mol. The maximum absolute atomic E-state index is 14.8. The number of guanidine groups is 1. The van der Waals surface area contributed by atoms with Crippen LogP contribution in [-0.4, -0.2) is 54.1 Å². The van der Waals surface area contributed by atoms with Gasteiger partial charge >= 0.3 is 6.18 Å². The average Bonchev–Trinajstić information content (AvgIpc) is 3.02. The van der Waals surface area contributed by atoms with E-state index >= 15 is 0 Å². The Bertz CT molecular complexity index is 1300. The fraction of sp³-hybridized carbons (Fsp3) is 0.394. The van der Waals surface area contributed by atoms with Crippen molar-refractivity contribution in [2.45, 2.75) is 60.3 Å². The van der Waals surface area contributed by atoms with E-state index in [9.17, 15) is 17.6 Å². The number of nitrogens with zero attached hydrogens (tertiary/aromatic N) is 5. The molecule has 1 aromatic carbocycles. The van der Waals surface area contributed by atoms with Crippen LogP contribution in [0.1, 0.15) is 59.2 Å². The van der Waals surface area contributed by atoms with E-state index in [-0.39, 0.29) is 23.3 Å². The van der Waals surface area contributed by atoms with Crippen LogP contribution in [0.3, 0.4) is 0 Å².